The molecule has 0 bridgehead atoms. The van der Waals surface area contributed by atoms with Crippen molar-refractivity contribution in [3.05, 3.63) is 65.9 Å². The highest BCUT2D eigenvalue weighted by molar-refractivity contribution is 5.56. The number of benzene rings is 1. The van der Waals surface area contributed by atoms with Crippen LogP contribution in [0.25, 0.3) is 11.3 Å². The van der Waals surface area contributed by atoms with Crippen molar-refractivity contribution >= 4 is 0 Å². The van der Waals surface area contributed by atoms with Crippen LogP contribution in [-0.4, -0.2) is 26.0 Å². The highest BCUT2D eigenvalue weighted by Crippen LogP contribution is 2.16. The molecule has 0 saturated carbocycles. The Balaban J connectivity index is 1.69. The zero-order valence-electron chi connectivity index (χ0n) is 12.5. The molecule has 2 N–H and O–H groups in total. The number of nitrogens with zero attached hydrogens (tertiary/aromatic N) is 4. The summed E-state index contributed by atoms with van der Waals surface area (Å²) < 4.78 is 41.3. The van der Waals surface area contributed by atoms with E-state index in [0.29, 0.717) is 11.8 Å². The lowest BCUT2D eigenvalue weighted by atomic mass is 10.1. The van der Waals surface area contributed by atoms with E-state index in [0.717, 1.165) is 11.6 Å². The Labute approximate surface area is 135 Å². The average molecular weight is 333 g/mol. The first-order valence-electron chi connectivity index (χ1n) is 7.22. The second-order valence-corrected chi connectivity index (χ2v) is 5.38. The van der Waals surface area contributed by atoms with Gasteiger partial charge in [0.25, 0.3) is 0 Å². The van der Waals surface area contributed by atoms with Crippen LogP contribution in [0.4, 0.5) is 13.2 Å². The molecule has 0 spiro atoms. The largest absolute Gasteiger partial charge is 0.326 e. The highest BCUT2D eigenvalue weighted by Gasteiger charge is 2.14. The normalized spacial score (nSPS) is 12.3. The van der Waals surface area contributed by atoms with Gasteiger partial charge in [0.15, 0.2) is 11.6 Å². The molecule has 0 aliphatic heterocycles. The van der Waals surface area contributed by atoms with Gasteiger partial charge in [-0.2, -0.15) is 0 Å². The number of hydrogen-bond acceptors (Lipinski definition) is 4. The molecule has 3 rings (SSSR count). The van der Waals surface area contributed by atoms with E-state index < -0.39 is 23.5 Å². The molecule has 0 aliphatic carbocycles. The molecule has 24 heavy (non-hydrogen) atoms. The predicted octanol–water partition coefficient (Wildman–Crippen LogP) is 2.33. The molecule has 2 heterocycles. The van der Waals surface area contributed by atoms with Crippen LogP contribution < -0.4 is 5.73 Å². The van der Waals surface area contributed by atoms with Crippen molar-refractivity contribution in [1.82, 2.24) is 20.0 Å². The third-order valence-corrected chi connectivity index (χ3v) is 3.51. The fourth-order valence-corrected chi connectivity index (χ4v) is 2.35. The highest BCUT2D eigenvalue weighted by atomic mass is 19.2. The molecular formula is C16H14F3N5. The molecule has 124 valence electrons. The van der Waals surface area contributed by atoms with Crippen LogP contribution in [0.1, 0.15) is 5.56 Å². The van der Waals surface area contributed by atoms with E-state index in [4.69, 9.17) is 5.73 Å². The van der Waals surface area contributed by atoms with Gasteiger partial charge in [-0.05, 0) is 30.2 Å². The van der Waals surface area contributed by atoms with Crippen LogP contribution in [0.5, 0.6) is 0 Å². The Kier molecular flexibility index (Phi) is 4.57. The lowest BCUT2D eigenvalue weighted by molar-refractivity contribution is 0.470. The maximum Gasteiger partial charge on any atom is 0.161 e. The molecule has 3 aromatic rings. The monoisotopic (exact) mass is 333 g/mol. The van der Waals surface area contributed by atoms with Crippen LogP contribution in [0, 0.1) is 17.5 Å². The standard InChI is InChI=1S/C16H14F3N5/c17-13-7-15(19)14(18)6-11(13)5-12(20)8-24-9-16(22-23-24)10-1-3-21-4-2-10/h1-4,6-7,9,12H,5,8,20H2/t12-/m1/s1. The molecule has 1 aromatic carbocycles. The van der Waals surface area contributed by atoms with Crippen molar-refractivity contribution in [2.75, 3.05) is 0 Å². The Bertz CT molecular complexity index is 835. The third kappa shape index (κ3) is 3.60. The molecule has 5 nitrogen and oxygen atoms in total. The molecular weight excluding hydrogens is 319 g/mol. The molecule has 1 atom stereocenters. The number of nitrogens with two attached hydrogens (primary N) is 1. The smallest absolute Gasteiger partial charge is 0.161 e. The van der Waals surface area contributed by atoms with Crippen molar-refractivity contribution < 1.29 is 13.2 Å². The first-order valence-corrected chi connectivity index (χ1v) is 7.22. The van der Waals surface area contributed by atoms with Crippen molar-refractivity contribution in [3.8, 4) is 11.3 Å². The summed E-state index contributed by atoms with van der Waals surface area (Å²) in [5.41, 5.74) is 7.50. The van der Waals surface area contributed by atoms with Gasteiger partial charge in [-0.15, -0.1) is 5.10 Å². The fraction of sp³-hybridized carbons (Fsp3) is 0.188. The maximum atomic E-state index is 13.7. The van der Waals surface area contributed by atoms with Crippen LogP contribution in [0.2, 0.25) is 0 Å². The zero-order valence-corrected chi connectivity index (χ0v) is 12.5. The Hall–Kier alpha value is -2.74. The minimum atomic E-state index is -1.22. The van der Waals surface area contributed by atoms with Gasteiger partial charge in [0.2, 0.25) is 0 Å². The second-order valence-electron chi connectivity index (χ2n) is 5.38. The fourth-order valence-electron chi connectivity index (χ4n) is 2.35. The lowest BCUT2D eigenvalue weighted by Gasteiger charge is -2.12. The van der Waals surface area contributed by atoms with Gasteiger partial charge in [0.1, 0.15) is 11.5 Å². The first-order chi connectivity index (χ1) is 11.5. The van der Waals surface area contributed by atoms with Gasteiger partial charge in [-0.25, -0.2) is 13.2 Å². The van der Waals surface area contributed by atoms with Gasteiger partial charge < -0.3 is 5.73 Å². The average Bonchev–Trinajstić information content (AvgIpc) is 3.02. The quantitative estimate of drug-likeness (QED) is 0.728. The Morgan fingerprint density at radius 1 is 1.04 bits per heavy atom. The molecule has 0 unspecified atom stereocenters. The minimum absolute atomic E-state index is 0.0240. The van der Waals surface area contributed by atoms with Crippen molar-refractivity contribution in [3.63, 3.8) is 0 Å². The Morgan fingerprint density at radius 2 is 1.75 bits per heavy atom. The third-order valence-electron chi connectivity index (χ3n) is 3.51. The van der Waals surface area contributed by atoms with Crippen LogP contribution in [0.3, 0.4) is 0 Å². The van der Waals surface area contributed by atoms with E-state index in [-0.39, 0.29) is 18.5 Å². The zero-order chi connectivity index (χ0) is 17.1. The molecule has 0 radical (unpaired) electrons. The second kappa shape index (κ2) is 6.79. The summed E-state index contributed by atoms with van der Waals surface area (Å²) in [6.07, 6.45) is 5.04. The Morgan fingerprint density at radius 3 is 2.50 bits per heavy atom. The number of rotatable bonds is 5. The van der Waals surface area contributed by atoms with Crippen LogP contribution >= 0.6 is 0 Å². The minimum Gasteiger partial charge on any atom is -0.326 e. The van der Waals surface area contributed by atoms with Gasteiger partial charge in [0.05, 0.1) is 12.7 Å². The van der Waals surface area contributed by atoms with E-state index in [1.54, 1.807) is 30.7 Å². The summed E-state index contributed by atoms with van der Waals surface area (Å²) in [5.74, 6) is -3.14. The van der Waals surface area contributed by atoms with E-state index in [2.05, 4.69) is 15.3 Å². The van der Waals surface area contributed by atoms with Crippen molar-refractivity contribution in [2.24, 2.45) is 5.73 Å². The SMILES string of the molecule is N[C@H](Cc1cc(F)c(F)cc1F)Cn1cc(-c2ccncc2)nn1. The van der Waals surface area contributed by atoms with Gasteiger partial charge in [-0.1, -0.05) is 5.21 Å². The van der Waals surface area contributed by atoms with E-state index >= 15 is 0 Å². The summed E-state index contributed by atoms with van der Waals surface area (Å²) in [6, 6.07) is 4.41. The summed E-state index contributed by atoms with van der Waals surface area (Å²) in [4.78, 5) is 3.93. The molecule has 2 aromatic heterocycles. The number of hydrogen-bond donors (Lipinski definition) is 1. The molecule has 8 heteroatoms. The summed E-state index contributed by atoms with van der Waals surface area (Å²) in [7, 11) is 0. The maximum absolute atomic E-state index is 13.7. The van der Waals surface area contributed by atoms with Gasteiger partial charge >= 0.3 is 0 Å². The number of aromatic nitrogens is 4. The number of pyridine rings is 1. The molecule has 0 aliphatic rings. The number of halogens is 3. The van der Waals surface area contributed by atoms with Crippen molar-refractivity contribution in [1.29, 1.82) is 0 Å². The van der Waals surface area contributed by atoms with E-state index in [1.807, 2.05) is 0 Å². The van der Waals surface area contributed by atoms with E-state index in [1.165, 1.54) is 4.68 Å². The summed E-state index contributed by atoms with van der Waals surface area (Å²) in [5, 5.41) is 8.00. The van der Waals surface area contributed by atoms with Crippen LogP contribution in [0.15, 0.2) is 42.9 Å². The lowest BCUT2D eigenvalue weighted by Crippen LogP contribution is -2.29. The predicted molar refractivity (Wildman–Crippen MR) is 81.2 cm³/mol. The van der Waals surface area contributed by atoms with Gasteiger partial charge in [0, 0.05) is 30.1 Å². The van der Waals surface area contributed by atoms with Crippen LogP contribution in [-0.2, 0) is 13.0 Å². The molecule has 0 saturated heterocycles. The van der Waals surface area contributed by atoms with Gasteiger partial charge in [-0.3, -0.25) is 9.67 Å². The van der Waals surface area contributed by atoms with Crippen molar-refractivity contribution in [2.45, 2.75) is 19.0 Å². The first kappa shape index (κ1) is 16.1. The topological polar surface area (TPSA) is 69.6 Å². The van der Waals surface area contributed by atoms with E-state index in [9.17, 15) is 13.2 Å². The molecule has 0 fully saturated rings. The molecule has 0 amide bonds. The summed E-state index contributed by atoms with van der Waals surface area (Å²) in [6.45, 7) is 0.260. The summed E-state index contributed by atoms with van der Waals surface area (Å²) >= 11 is 0.